The first-order chi connectivity index (χ1) is 8.81. The van der Waals surface area contributed by atoms with Gasteiger partial charge in [0.1, 0.15) is 5.82 Å². The summed E-state index contributed by atoms with van der Waals surface area (Å²) in [4.78, 5) is 8.18. The van der Waals surface area contributed by atoms with Crippen LogP contribution in [0.15, 0.2) is 6.20 Å². The van der Waals surface area contributed by atoms with E-state index in [1.165, 1.54) is 0 Å². The molecule has 0 aliphatic heterocycles. The molecule has 0 spiro atoms. The number of rotatable bonds is 7. The van der Waals surface area contributed by atoms with Crippen LogP contribution in [-0.4, -0.2) is 38.4 Å². The van der Waals surface area contributed by atoms with Crippen LogP contribution in [0.25, 0.3) is 11.0 Å². The van der Waals surface area contributed by atoms with Crippen molar-refractivity contribution in [2.24, 2.45) is 0 Å². The van der Waals surface area contributed by atoms with E-state index in [1.54, 1.807) is 6.20 Å². The smallest absolute Gasteiger partial charge is 0.226 e. The van der Waals surface area contributed by atoms with E-state index >= 15 is 0 Å². The molecule has 0 aromatic carbocycles. The number of H-pyrrole nitrogens is 1. The maximum absolute atomic E-state index is 8.67. The van der Waals surface area contributed by atoms with Crippen molar-refractivity contribution < 1.29 is 5.11 Å². The van der Waals surface area contributed by atoms with Crippen LogP contribution in [0.1, 0.15) is 25.7 Å². The summed E-state index contributed by atoms with van der Waals surface area (Å²) in [6.45, 7) is 1.09. The first-order valence-electron chi connectivity index (χ1n) is 6.02. The van der Waals surface area contributed by atoms with Gasteiger partial charge in [0, 0.05) is 13.2 Å². The lowest BCUT2D eigenvalue weighted by Crippen LogP contribution is -2.04. The third-order valence-corrected chi connectivity index (χ3v) is 2.83. The number of anilines is 1. The van der Waals surface area contributed by atoms with Gasteiger partial charge >= 0.3 is 0 Å². The highest BCUT2D eigenvalue weighted by atomic mass is 35.5. The van der Waals surface area contributed by atoms with Gasteiger partial charge in [0.15, 0.2) is 5.65 Å². The Labute approximate surface area is 110 Å². The second kappa shape index (κ2) is 6.51. The van der Waals surface area contributed by atoms with E-state index in [1.807, 2.05) is 0 Å². The molecule has 0 aliphatic rings. The van der Waals surface area contributed by atoms with Gasteiger partial charge in [0.05, 0.1) is 11.6 Å². The monoisotopic (exact) mass is 269 g/mol. The van der Waals surface area contributed by atoms with Crippen LogP contribution in [0.4, 0.5) is 5.82 Å². The van der Waals surface area contributed by atoms with Gasteiger partial charge in [-0.05, 0) is 24.4 Å². The standard InChI is InChI=1S/C11H16ClN5O/c12-11-15-9(8-7-14-17-10(8)16-11)13-5-3-1-2-4-6-18/h7,18H,1-6H2,(H2,13,14,15,16,17). The third kappa shape index (κ3) is 3.30. The van der Waals surface area contributed by atoms with E-state index in [4.69, 9.17) is 16.7 Å². The predicted octanol–water partition coefficient (Wildman–Crippen LogP) is 1.97. The summed E-state index contributed by atoms with van der Waals surface area (Å²) >= 11 is 5.82. The molecule has 3 N–H and O–H groups in total. The summed E-state index contributed by atoms with van der Waals surface area (Å²) < 4.78 is 0. The van der Waals surface area contributed by atoms with Gasteiger partial charge in [-0.3, -0.25) is 5.10 Å². The Morgan fingerprint density at radius 3 is 2.89 bits per heavy atom. The number of hydrogen-bond donors (Lipinski definition) is 3. The van der Waals surface area contributed by atoms with Crippen LogP contribution in [0, 0.1) is 0 Å². The number of nitrogens with one attached hydrogen (secondary N) is 2. The van der Waals surface area contributed by atoms with Gasteiger partial charge in [0.25, 0.3) is 0 Å². The molecule has 6 nitrogen and oxygen atoms in total. The maximum Gasteiger partial charge on any atom is 0.226 e. The van der Waals surface area contributed by atoms with Gasteiger partial charge in [0.2, 0.25) is 5.28 Å². The van der Waals surface area contributed by atoms with Gasteiger partial charge < -0.3 is 10.4 Å². The molecule has 0 fully saturated rings. The van der Waals surface area contributed by atoms with E-state index in [9.17, 15) is 0 Å². The summed E-state index contributed by atoms with van der Waals surface area (Å²) in [6.07, 6.45) is 5.71. The fourth-order valence-electron chi connectivity index (χ4n) is 1.74. The molecule has 7 heteroatoms. The van der Waals surface area contributed by atoms with Crippen LogP contribution >= 0.6 is 11.6 Å². The first kappa shape index (κ1) is 13.0. The molecule has 2 aromatic rings. The zero-order valence-electron chi connectivity index (χ0n) is 9.99. The Bertz CT molecular complexity index is 501. The number of aromatic amines is 1. The molecule has 0 saturated carbocycles. The number of nitrogens with zero attached hydrogens (tertiary/aromatic N) is 3. The van der Waals surface area contributed by atoms with Crippen LogP contribution in [0.5, 0.6) is 0 Å². The molecule has 0 bridgehead atoms. The average Bonchev–Trinajstić information content (AvgIpc) is 2.81. The molecule has 98 valence electrons. The molecule has 0 unspecified atom stereocenters. The van der Waals surface area contributed by atoms with Crippen molar-refractivity contribution in [2.45, 2.75) is 25.7 Å². The molecular weight excluding hydrogens is 254 g/mol. The summed E-state index contributed by atoms with van der Waals surface area (Å²) in [5.41, 5.74) is 0.637. The minimum atomic E-state index is 0.203. The second-order valence-electron chi connectivity index (χ2n) is 4.04. The van der Waals surface area contributed by atoms with Crippen LogP contribution < -0.4 is 5.32 Å². The quantitative estimate of drug-likeness (QED) is 0.528. The van der Waals surface area contributed by atoms with Gasteiger partial charge in [-0.15, -0.1) is 0 Å². The van der Waals surface area contributed by atoms with Gasteiger partial charge in [-0.1, -0.05) is 12.8 Å². The van der Waals surface area contributed by atoms with Gasteiger partial charge in [-0.2, -0.15) is 15.1 Å². The van der Waals surface area contributed by atoms with E-state index in [0.717, 1.165) is 37.6 Å². The highest BCUT2D eigenvalue weighted by Gasteiger charge is 2.07. The lowest BCUT2D eigenvalue weighted by atomic mass is 10.2. The zero-order chi connectivity index (χ0) is 12.8. The summed E-state index contributed by atoms with van der Waals surface area (Å²) in [5.74, 6) is 0.709. The fourth-order valence-corrected chi connectivity index (χ4v) is 1.91. The maximum atomic E-state index is 8.67. The zero-order valence-corrected chi connectivity index (χ0v) is 10.7. The highest BCUT2D eigenvalue weighted by Crippen LogP contribution is 2.19. The van der Waals surface area contributed by atoms with Crippen molar-refractivity contribution in [3.63, 3.8) is 0 Å². The van der Waals surface area contributed by atoms with E-state index < -0.39 is 0 Å². The molecule has 0 atom stereocenters. The van der Waals surface area contributed by atoms with Crippen LogP contribution in [0.2, 0.25) is 5.28 Å². The predicted molar refractivity (Wildman–Crippen MR) is 70.7 cm³/mol. The number of unbranched alkanes of at least 4 members (excludes halogenated alkanes) is 3. The molecule has 18 heavy (non-hydrogen) atoms. The topological polar surface area (TPSA) is 86.7 Å². The molecule has 2 rings (SSSR count). The van der Waals surface area contributed by atoms with Gasteiger partial charge in [-0.25, -0.2) is 0 Å². The van der Waals surface area contributed by atoms with Crippen molar-refractivity contribution in [2.75, 3.05) is 18.5 Å². The highest BCUT2D eigenvalue weighted by molar-refractivity contribution is 6.28. The van der Waals surface area contributed by atoms with Crippen LogP contribution in [0.3, 0.4) is 0 Å². The Morgan fingerprint density at radius 2 is 2.06 bits per heavy atom. The number of hydrogen-bond acceptors (Lipinski definition) is 5. The van der Waals surface area contributed by atoms with Crippen molar-refractivity contribution in [1.82, 2.24) is 20.2 Å². The average molecular weight is 270 g/mol. The molecule has 0 radical (unpaired) electrons. The number of fused-ring (bicyclic) bond motifs is 1. The fraction of sp³-hybridized carbons (Fsp3) is 0.545. The lowest BCUT2D eigenvalue weighted by molar-refractivity contribution is 0.283. The Hall–Kier alpha value is -1.40. The van der Waals surface area contributed by atoms with Crippen molar-refractivity contribution in [1.29, 1.82) is 0 Å². The molecular formula is C11H16ClN5O. The SMILES string of the molecule is OCCCCCCNc1nc(Cl)nc2[nH]ncc12. The first-order valence-corrected chi connectivity index (χ1v) is 6.40. The second-order valence-corrected chi connectivity index (χ2v) is 4.38. The summed E-state index contributed by atoms with van der Waals surface area (Å²) in [5, 5.41) is 19.6. The Morgan fingerprint density at radius 1 is 1.22 bits per heavy atom. The van der Waals surface area contributed by atoms with Crippen LogP contribution in [-0.2, 0) is 0 Å². The molecule has 0 saturated heterocycles. The number of aliphatic hydroxyl groups excluding tert-OH is 1. The number of halogens is 1. The Balaban J connectivity index is 1.89. The lowest BCUT2D eigenvalue weighted by Gasteiger charge is -2.06. The van der Waals surface area contributed by atoms with E-state index in [-0.39, 0.29) is 11.9 Å². The summed E-state index contributed by atoms with van der Waals surface area (Å²) in [6, 6.07) is 0. The third-order valence-electron chi connectivity index (χ3n) is 2.66. The van der Waals surface area contributed by atoms with Crippen molar-refractivity contribution in [3.8, 4) is 0 Å². The van der Waals surface area contributed by atoms with Crippen molar-refractivity contribution in [3.05, 3.63) is 11.5 Å². The minimum absolute atomic E-state index is 0.203. The van der Waals surface area contributed by atoms with Crippen molar-refractivity contribution >= 4 is 28.5 Å². The van der Waals surface area contributed by atoms with E-state index in [0.29, 0.717) is 11.5 Å². The molecule has 0 amide bonds. The molecule has 2 heterocycles. The number of aliphatic hydroxyl groups is 1. The largest absolute Gasteiger partial charge is 0.396 e. The normalized spacial score (nSPS) is 11.0. The Kier molecular flexibility index (Phi) is 4.72. The molecule has 0 aliphatic carbocycles. The minimum Gasteiger partial charge on any atom is -0.396 e. The van der Waals surface area contributed by atoms with E-state index in [2.05, 4.69) is 25.5 Å². The number of aromatic nitrogens is 4. The summed E-state index contributed by atoms with van der Waals surface area (Å²) in [7, 11) is 0. The molecule has 2 aromatic heterocycles.